The van der Waals surface area contributed by atoms with Gasteiger partial charge in [0.15, 0.2) is 0 Å². The van der Waals surface area contributed by atoms with E-state index in [2.05, 4.69) is 36.4 Å². The van der Waals surface area contributed by atoms with Crippen LogP contribution >= 0.6 is 0 Å². The smallest absolute Gasteiger partial charge is 0.259 e. The van der Waals surface area contributed by atoms with Gasteiger partial charge in [0.05, 0.1) is 17.8 Å². The highest BCUT2D eigenvalue weighted by molar-refractivity contribution is 6.10. The number of amides is 2. The standard InChI is InChI=1S/C35H36N4O4/c1-35(2,3)25-11-13-26(14-12-25)39(34(42)23-10-15-28-30(20-23)43-18-17-37-28)32(24-8-6-16-36-21-24)33(41)38-31-27-9-5-4-7-22(27)19-29(31)40/h4-16,20-21,29,31-32,37,40H,17-19H2,1-3H3,(H,38,41)/t29-,31+,32?/m0/s1. The monoisotopic (exact) mass is 576 g/mol. The lowest BCUT2D eigenvalue weighted by atomic mass is 9.87. The number of rotatable bonds is 6. The third kappa shape index (κ3) is 5.70. The second kappa shape index (κ2) is 11.5. The first-order valence-electron chi connectivity index (χ1n) is 14.6. The number of fused-ring (bicyclic) bond motifs is 2. The summed E-state index contributed by atoms with van der Waals surface area (Å²) >= 11 is 0. The third-order valence-electron chi connectivity index (χ3n) is 8.14. The summed E-state index contributed by atoms with van der Waals surface area (Å²) in [5, 5.41) is 17.3. The number of aliphatic hydroxyl groups excluding tert-OH is 1. The summed E-state index contributed by atoms with van der Waals surface area (Å²) in [6, 6.07) is 22.6. The van der Waals surface area contributed by atoms with E-state index in [-0.39, 0.29) is 11.3 Å². The largest absolute Gasteiger partial charge is 0.490 e. The summed E-state index contributed by atoms with van der Waals surface area (Å²) in [5.41, 5.74) is 5.18. The molecule has 1 aliphatic carbocycles. The Bertz CT molecular complexity index is 1630. The Morgan fingerprint density at radius 1 is 1.05 bits per heavy atom. The van der Waals surface area contributed by atoms with Gasteiger partial charge in [-0.1, -0.05) is 63.2 Å². The zero-order valence-corrected chi connectivity index (χ0v) is 24.6. The molecule has 0 radical (unpaired) electrons. The molecule has 43 heavy (non-hydrogen) atoms. The minimum absolute atomic E-state index is 0.0949. The van der Waals surface area contributed by atoms with E-state index in [1.165, 1.54) is 4.90 Å². The lowest BCUT2D eigenvalue weighted by Crippen LogP contribution is -2.46. The van der Waals surface area contributed by atoms with Crippen molar-refractivity contribution in [3.63, 3.8) is 0 Å². The predicted octanol–water partition coefficient (Wildman–Crippen LogP) is 5.35. The molecule has 1 aliphatic heterocycles. The van der Waals surface area contributed by atoms with Crippen molar-refractivity contribution in [2.75, 3.05) is 23.4 Å². The molecule has 2 aliphatic rings. The van der Waals surface area contributed by atoms with Crippen molar-refractivity contribution in [1.29, 1.82) is 0 Å². The third-order valence-corrected chi connectivity index (χ3v) is 8.14. The molecular weight excluding hydrogens is 540 g/mol. The number of nitrogens with one attached hydrogen (secondary N) is 2. The van der Waals surface area contributed by atoms with Gasteiger partial charge in [0.25, 0.3) is 5.91 Å². The lowest BCUT2D eigenvalue weighted by molar-refractivity contribution is -0.124. The number of carbonyl (C=O) groups is 2. The Morgan fingerprint density at radius 2 is 1.84 bits per heavy atom. The van der Waals surface area contributed by atoms with Crippen molar-refractivity contribution in [2.45, 2.75) is 50.8 Å². The van der Waals surface area contributed by atoms with Gasteiger partial charge in [0, 0.05) is 42.2 Å². The molecule has 1 aromatic heterocycles. The Morgan fingerprint density at radius 3 is 2.58 bits per heavy atom. The average molecular weight is 577 g/mol. The van der Waals surface area contributed by atoms with E-state index in [0.29, 0.717) is 42.1 Å². The molecule has 3 aromatic carbocycles. The minimum atomic E-state index is -1.07. The number of aliphatic hydroxyl groups is 1. The summed E-state index contributed by atoms with van der Waals surface area (Å²) in [6.45, 7) is 7.56. The Kier molecular flexibility index (Phi) is 7.62. The van der Waals surface area contributed by atoms with Gasteiger partial charge in [-0.2, -0.15) is 0 Å². The highest BCUT2D eigenvalue weighted by atomic mass is 16.5. The van der Waals surface area contributed by atoms with Crippen LogP contribution in [0, 0.1) is 0 Å². The molecule has 1 unspecified atom stereocenters. The van der Waals surface area contributed by atoms with Gasteiger partial charge < -0.3 is 20.5 Å². The van der Waals surface area contributed by atoms with Gasteiger partial charge in [-0.15, -0.1) is 0 Å². The van der Waals surface area contributed by atoms with Crippen molar-refractivity contribution < 1.29 is 19.4 Å². The van der Waals surface area contributed by atoms with Crippen molar-refractivity contribution in [1.82, 2.24) is 10.3 Å². The molecule has 220 valence electrons. The first-order chi connectivity index (χ1) is 20.7. The molecule has 8 nitrogen and oxygen atoms in total. The first kappa shape index (κ1) is 28.4. The topological polar surface area (TPSA) is 104 Å². The fourth-order valence-electron chi connectivity index (χ4n) is 5.85. The molecule has 4 aromatic rings. The summed E-state index contributed by atoms with van der Waals surface area (Å²) in [6.07, 6.45) is 2.90. The number of carbonyl (C=O) groups excluding carboxylic acids is 2. The number of pyridine rings is 1. The van der Waals surface area contributed by atoms with Gasteiger partial charge in [-0.25, -0.2) is 0 Å². The zero-order chi connectivity index (χ0) is 30.1. The Balaban J connectivity index is 1.45. The van der Waals surface area contributed by atoms with Crippen LogP contribution in [-0.2, 0) is 16.6 Å². The van der Waals surface area contributed by atoms with Gasteiger partial charge in [0.2, 0.25) is 5.91 Å². The van der Waals surface area contributed by atoms with Gasteiger partial charge in [0.1, 0.15) is 18.4 Å². The number of anilines is 2. The Labute approximate surface area is 251 Å². The number of aromatic nitrogens is 1. The maximum Gasteiger partial charge on any atom is 0.259 e. The van der Waals surface area contributed by atoms with E-state index >= 15 is 0 Å². The molecule has 2 amide bonds. The van der Waals surface area contributed by atoms with Crippen LogP contribution in [0.1, 0.15) is 65.5 Å². The van der Waals surface area contributed by atoms with Crippen molar-refractivity contribution in [2.24, 2.45) is 0 Å². The average Bonchev–Trinajstić information content (AvgIpc) is 3.33. The number of hydrogen-bond donors (Lipinski definition) is 3. The molecule has 3 atom stereocenters. The van der Waals surface area contributed by atoms with Crippen LogP contribution in [0.2, 0.25) is 0 Å². The van der Waals surface area contributed by atoms with Crippen LogP contribution in [0.3, 0.4) is 0 Å². The van der Waals surface area contributed by atoms with E-state index in [4.69, 9.17) is 4.74 Å². The van der Waals surface area contributed by atoms with Gasteiger partial charge in [-0.05, 0) is 58.5 Å². The second-order valence-electron chi connectivity index (χ2n) is 12.1. The minimum Gasteiger partial charge on any atom is -0.490 e. The van der Waals surface area contributed by atoms with E-state index in [0.717, 1.165) is 22.4 Å². The summed E-state index contributed by atoms with van der Waals surface area (Å²) in [5.74, 6) is -0.192. The summed E-state index contributed by atoms with van der Waals surface area (Å²) in [7, 11) is 0. The van der Waals surface area contributed by atoms with Crippen LogP contribution in [-0.4, -0.2) is 41.2 Å². The van der Waals surface area contributed by atoms with E-state index in [1.807, 2.05) is 54.6 Å². The van der Waals surface area contributed by atoms with Gasteiger partial charge in [-0.3, -0.25) is 19.5 Å². The molecule has 0 spiro atoms. The van der Waals surface area contributed by atoms with E-state index in [1.54, 1.807) is 36.7 Å². The SMILES string of the molecule is CC(C)(C)c1ccc(N(C(=O)c2ccc3c(c2)OCCN3)C(C(=O)N[C@@H]2c3ccccc3C[C@@H]2O)c2cccnc2)cc1. The zero-order valence-electron chi connectivity index (χ0n) is 24.6. The lowest BCUT2D eigenvalue weighted by Gasteiger charge is -2.33. The van der Waals surface area contributed by atoms with Crippen LogP contribution < -0.4 is 20.3 Å². The highest BCUT2D eigenvalue weighted by Gasteiger charge is 2.38. The normalized spacial score (nSPS) is 18.0. The molecule has 0 saturated carbocycles. The van der Waals surface area contributed by atoms with Crippen LogP contribution in [0.5, 0.6) is 5.75 Å². The fourth-order valence-corrected chi connectivity index (χ4v) is 5.85. The first-order valence-corrected chi connectivity index (χ1v) is 14.6. The van der Waals surface area contributed by atoms with E-state index < -0.39 is 24.1 Å². The predicted molar refractivity (Wildman–Crippen MR) is 166 cm³/mol. The molecule has 3 N–H and O–H groups in total. The quantitative estimate of drug-likeness (QED) is 0.286. The molecule has 0 saturated heterocycles. The van der Waals surface area contributed by atoms with Crippen LogP contribution in [0.4, 0.5) is 11.4 Å². The highest BCUT2D eigenvalue weighted by Crippen LogP contribution is 2.36. The maximum atomic E-state index is 14.5. The molecule has 0 fully saturated rings. The molecule has 2 heterocycles. The summed E-state index contributed by atoms with van der Waals surface area (Å²) in [4.78, 5) is 34.7. The van der Waals surface area contributed by atoms with Crippen LogP contribution in [0.25, 0.3) is 0 Å². The summed E-state index contributed by atoms with van der Waals surface area (Å²) < 4.78 is 5.83. The van der Waals surface area contributed by atoms with E-state index in [9.17, 15) is 14.7 Å². The number of hydrogen-bond acceptors (Lipinski definition) is 6. The molecular formula is C35H36N4O4. The Hall–Kier alpha value is -4.69. The number of benzene rings is 3. The number of nitrogens with zero attached hydrogens (tertiary/aromatic N) is 2. The second-order valence-corrected chi connectivity index (χ2v) is 12.1. The molecule has 6 rings (SSSR count). The van der Waals surface area contributed by atoms with Crippen molar-refractivity contribution in [3.8, 4) is 5.75 Å². The van der Waals surface area contributed by atoms with Crippen LogP contribution in [0.15, 0.2) is 91.3 Å². The van der Waals surface area contributed by atoms with Gasteiger partial charge >= 0.3 is 0 Å². The van der Waals surface area contributed by atoms with Crippen molar-refractivity contribution in [3.05, 3.63) is 119 Å². The fraction of sp³-hybridized carbons (Fsp3) is 0.286. The molecule has 0 bridgehead atoms. The maximum absolute atomic E-state index is 14.5. The van der Waals surface area contributed by atoms with Crippen molar-refractivity contribution >= 4 is 23.2 Å². The molecule has 8 heteroatoms. The number of ether oxygens (including phenoxy) is 1.